The number of nitrogens with zero attached hydrogens (tertiary/aromatic N) is 2. The van der Waals surface area contributed by atoms with Gasteiger partial charge in [-0.15, -0.1) is 0 Å². The van der Waals surface area contributed by atoms with Crippen LogP contribution in [0.1, 0.15) is 36.2 Å². The number of imide groups is 1. The van der Waals surface area contributed by atoms with Crippen LogP contribution in [0.4, 0.5) is 0 Å². The van der Waals surface area contributed by atoms with Crippen molar-refractivity contribution in [3.8, 4) is 11.5 Å². The van der Waals surface area contributed by atoms with E-state index in [1.165, 1.54) is 18.2 Å². The number of morpholine rings is 1. The van der Waals surface area contributed by atoms with Gasteiger partial charge in [0.2, 0.25) is 0 Å². The van der Waals surface area contributed by atoms with Crippen LogP contribution in [0.15, 0.2) is 24.3 Å². The number of esters is 1. The Morgan fingerprint density at radius 2 is 1.81 bits per heavy atom. The first-order valence-corrected chi connectivity index (χ1v) is 10.9. The third-order valence-electron chi connectivity index (χ3n) is 5.23. The van der Waals surface area contributed by atoms with Gasteiger partial charge in [0.25, 0.3) is 11.8 Å². The molecule has 9 nitrogen and oxygen atoms in total. The molecule has 0 spiro atoms. The lowest BCUT2D eigenvalue weighted by Gasteiger charge is -2.26. The highest BCUT2D eigenvalue weighted by Crippen LogP contribution is 2.30. The number of amides is 2. The van der Waals surface area contributed by atoms with Crippen molar-refractivity contribution in [2.45, 2.75) is 32.8 Å². The summed E-state index contributed by atoms with van der Waals surface area (Å²) in [5.41, 5.74) is 0.625. The molecule has 0 atom stereocenters. The minimum atomic E-state index is -0.623. The molecule has 1 aromatic rings. The van der Waals surface area contributed by atoms with Crippen molar-refractivity contribution in [1.29, 1.82) is 0 Å². The van der Waals surface area contributed by atoms with Crippen molar-refractivity contribution >= 4 is 17.8 Å². The summed E-state index contributed by atoms with van der Waals surface area (Å²) < 4.78 is 16.5. The molecule has 1 saturated heterocycles. The van der Waals surface area contributed by atoms with Gasteiger partial charge in [0, 0.05) is 44.4 Å². The Kier molecular flexibility index (Phi) is 8.24. The third kappa shape index (κ3) is 6.30. The summed E-state index contributed by atoms with van der Waals surface area (Å²) in [5, 5.41) is 10.6. The fourth-order valence-corrected chi connectivity index (χ4v) is 3.64. The van der Waals surface area contributed by atoms with Crippen LogP contribution in [0.3, 0.4) is 0 Å². The summed E-state index contributed by atoms with van der Waals surface area (Å²) in [6.07, 6.45) is 2.92. The predicted octanol–water partition coefficient (Wildman–Crippen LogP) is 1.53. The Morgan fingerprint density at radius 3 is 2.47 bits per heavy atom. The number of carbonyl (C=O) groups excluding carboxylic acids is 3. The summed E-state index contributed by atoms with van der Waals surface area (Å²) in [4.78, 5) is 39.5. The smallest absolute Gasteiger partial charge is 0.342 e. The quantitative estimate of drug-likeness (QED) is 0.426. The van der Waals surface area contributed by atoms with E-state index in [2.05, 4.69) is 4.90 Å². The lowest BCUT2D eigenvalue weighted by Crippen LogP contribution is -2.38. The molecule has 1 N–H and O–H groups in total. The fourth-order valence-electron chi connectivity index (χ4n) is 3.64. The predicted molar refractivity (Wildman–Crippen MR) is 116 cm³/mol. The number of ether oxygens (including phenoxy) is 3. The summed E-state index contributed by atoms with van der Waals surface area (Å²) in [6, 6.07) is 3.12. The van der Waals surface area contributed by atoms with Crippen molar-refractivity contribution in [2.75, 3.05) is 46.0 Å². The number of aromatic hydroxyl groups is 1. The van der Waals surface area contributed by atoms with Gasteiger partial charge in [-0.1, -0.05) is 0 Å². The highest BCUT2D eigenvalue weighted by atomic mass is 16.5. The van der Waals surface area contributed by atoms with Gasteiger partial charge >= 0.3 is 5.97 Å². The number of phenolic OH excluding ortho intramolecular Hbond substituents is 1. The van der Waals surface area contributed by atoms with Crippen molar-refractivity contribution < 1.29 is 33.7 Å². The minimum Gasteiger partial charge on any atom is -0.507 e. The molecule has 2 aliphatic heterocycles. The normalized spacial score (nSPS) is 16.8. The molecule has 1 aromatic carbocycles. The number of carbonyl (C=O) groups is 3. The Morgan fingerprint density at radius 1 is 1.12 bits per heavy atom. The first-order valence-electron chi connectivity index (χ1n) is 10.9. The maximum absolute atomic E-state index is 12.6. The topological polar surface area (TPSA) is 106 Å². The molecular formula is C23H30N2O7. The second-order valence-corrected chi connectivity index (χ2v) is 8.00. The molecular weight excluding hydrogens is 416 g/mol. The number of rotatable bonds is 10. The van der Waals surface area contributed by atoms with Gasteiger partial charge in [-0.2, -0.15) is 0 Å². The number of benzene rings is 1. The van der Waals surface area contributed by atoms with E-state index in [4.69, 9.17) is 14.2 Å². The lowest BCUT2D eigenvalue weighted by molar-refractivity contribution is -0.136. The van der Waals surface area contributed by atoms with Gasteiger partial charge in [0.05, 0.1) is 19.3 Å². The van der Waals surface area contributed by atoms with Crippen LogP contribution in [0.25, 0.3) is 0 Å². The zero-order chi connectivity index (χ0) is 23.1. The van der Waals surface area contributed by atoms with E-state index < -0.39 is 5.97 Å². The monoisotopic (exact) mass is 446 g/mol. The molecule has 2 heterocycles. The van der Waals surface area contributed by atoms with Gasteiger partial charge < -0.3 is 19.3 Å². The van der Waals surface area contributed by atoms with Gasteiger partial charge in [-0.3, -0.25) is 19.4 Å². The van der Waals surface area contributed by atoms with Crippen LogP contribution < -0.4 is 4.74 Å². The molecule has 0 unspecified atom stereocenters. The average Bonchev–Trinajstić information content (AvgIpc) is 3.06. The molecule has 32 heavy (non-hydrogen) atoms. The molecule has 0 aromatic heterocycles. The molecule has 174 valence electrons. The Labute approximate surface area is 187 Å². The van der Waals surface area contributed by atoms with E-state index in [9.17, 15) is 19.5 Å². The van der Waals surface area contributed by atoms with Crippen LogP contribution in [0, 0.1) is 0 Å². The summed E-state index contributed by atoms with van der Waals surface area (Å²) in [7, 11) is 0. The largest absolute Gasteiger partial charge is 0.507 e. The zero-order valence-corrected chi connectivity index (χ0v) is 18.5. The first kappa shape index (κ1) is 23.7. The Balaban J connectivity index is 1.68. The van der Waals surface area contributed by atoms with Crippen LogP contribution >= 0.6 is 0 Å². The van der Waals surface area contributed by atoms with E-state index >= 15 is 0 Å². The van der Waals surface area contributed by atoms with Crippen molar-refractivity contribution in [3.63, 3.8) is 0 Å². The van der Waals surface area contributed by atoms with Gasteiger partial charge in [-0.25, -0.2) is 4.79 Å². The maximum atomic E-state index is 12.6. The molecule has 0 aliphatic carbocycles. The highest BCUT2D eigenvalue weighted by Gasteiger charge is 2.24. The van der Waals surface area contributed by atoms with Crippen LogP contribution in [0.2, 0.25) is 0 Å². The zero-order valence-electron chi connectivity index (χ0n) is 18.5. The first-order chi connectivity index (χ1) is 15.3. The fraction of sp³-hybridized carbons (Fsp3) is 0.522. The second-order valence-electron chi connectivity index (χ2n) is 8.00. The Bertz CT molecular complexity index is 857. The van der Waals surface area contributed by atoms with E-state index in [0.717, 1.165) is 24.5 Å². The van der Waals surface area contributed by atoms with Crippen molar-refractivity contribution in [2.24, 2.45) is 0 Å². The second kappa shape index (κ2) is 11.1. The molecule has 0 saturated carbocycles. The molecule has 9 heteroatoms. The molecule has 3 rings (SSSR count). The lowest BCUT2D eigenvalue weighted by atomic mass is 10.0. The van der Waals surface area contributed by atoms with Crippen LogP contribution in [-0.4, -0.2) is 84.8 Å². The average molecular weight is 447 g/mol. The highest BCUT2D eigenvalue weighted by molar-refractivity contribution is 6.12. The molecule has 2 aliphatic rings. The summed E-state index contributed by atoms with van der Waals surface area (Å²) in [5.74, 6) is -1.09. The molecule has 0 bridgehead atoms. The number of aryl methyl sites for hydroxylation is 1. The van der Waals surface area contributed by atoms with Gasteiger partial charge in [0.1, 0.15) is 23.7 Å². The summed E-state index contributed by atoms with van der Waals surface area (Å²) in [6.45, 7) is 7.94. The van der Waals surface area contributed by atoms with E-state index in [-0.39, 0.29) is 35.8 Å². The number of hydrogen-bond donors (Lipinski definition) is 1. The van der Waals surface area contributed by atoms with Crippen LogP contribution in [-0.2, 0) is 25.5 Å². The molecule has 0 radical (unpaired) electrons. The molecule has 1 fully saturated rings. The van der Waals surface area contributed by atoms with Crippen LogP contribution in [0.5, 0.6) is 11.5 Å². The standard InChI is InChI=1S/C23H30N2O7/c1-16(2)32-23(29)22-17(4-3-7-25-20(27)5-6-21(25)28)14-18(15-19(22)26)31-13-10-24-8-11-30-12-9-24/h5-6,14-16,26H,3-4,7-13H2,1-2H3. The minimum absolute atomic E-state index is 0.0800. The molecule has 2 amide bonds. The number of phenols is 1. The van der Waals surface area contributed by atoms with E-state index in [1.807, 2.05) is 0 Å². The van der Waals surface area contributed by atoms with Crippen molar-refractivity contribution in [3.05, 3.63) is 35.4 Å². The maximum Gasteiger partial charge on any atom is 0.342 e. The SMILES string of the molecule is CC(C)OC(=O)c1c(O)cc(OCCN2CCOCC2)cc1CCCN1C(=O)C=CC1=O. The Hall–Kier alpha value is -2.91. The number of hydrogen-bond acceptors (Lipinski definition) is 8. The van der Waals surface area contributed by atoms with Gasteiger partial charge in [0.15, 0.2) is 0 Å². The van der Waals surface area contributed by atoms with E-state index in [0.29, 0.717) is 44.0 Å². The summed E-state index contributed by atoms with van der Waals surface area (Å²) >= 11 is 0. The van der Waals surface area contributed by atoms with Crippen molar-refractivity contribution in [1.82, 2.24) is 9.80 Å². The van der Waals surface area contributed by atoms with Gasteiger partial charge in [-0.05, 0) is 38.3 Å². The third-order valence-corrected chi connectivity index (χ3v) is 5.23. The van der Waals surface area contributed by atoms with E-state index in [1.54, 1.807) is 19.9 Å².